The van der Waals surface area contributed by atoms with Crippen molar-refractivity contribution in [2.75, 3.05) is 0 Å². The minimum Gasteiger partial charge on any atom is -0.349 e. The fourth-order valence-electron chi connectivity index (χ4n) is 3.80. The lowest BCUT2D eigenvalue weighted by Gasteiger charge is -2.37. The zero-order valence-corrected chi connectivity index (χ0v) is 14.5. The first-order chi connectivity index (χ1) is 9.97. The van der Waals surface area contributed by atoms with E-state index in [-0.39, 0.29) is 35.8 Å². The molecule has 0 spiro atoms. The van der Waals surface area contributed by atoms with Gasteiger partial charge in [0.05, 0.1) is 12.0 Å². The largest absolute Gasteiger partial charge is 0.349 e. The molecule has 1 aromatic rings. The second-order valence-corrected chi connectivity index (χ2v) is 7.18. The third-order valence-electron chi connectivity index (χ3n) is 5.07. The number of benzene rings is 1. The third kappa shape index (κ3) is 3.42. The number of carbonyl (C=O) groups is 1. The molecule has 2 aliphatic carbocycles. The van der Waals surface area contributed by atoms with Gasteiger partial charge in [-0.15, -0.1) is 12.4 Å². The van der Waals surface area contributed by atoms with Crippen molar-refractivity contribution in [1.82, 2.24) is 5.32 Å². The second-order valence-electron chi connectivity index (χ2n) is 6.75. The molecule has 3 atom stereocenters. The molecule has 0 radical (unpaired) electrons. The molecule has 1 amide bonds. The lowest BCUT2D eigenvalue weighted by molar-refractivity contribution is -0.128. The molecule has 0 saturated heterocycles. The average molecular weight is 343 g/mol. The minimum absolute atomic E-state index is 0. The van der Waals surface area contributed by atoms with Crippen LogP contribution in [0.5, 0.6) is 0 Å². The van der Waals surface area contributed by atoms with E-state index in [4.69, 9.17) is 17.3 Å². The maximum Gasteiger partial charge on any atom is 0.225 e. The van der Waals surface area contributed by atoms with Crippen LogP contribution in [0.2, 0.25) is 5.02 Å². The van der Waals surface area contributed by atoms with Crippen LogP contribution in [0.25, 0.3) is 0 Å². The Bertz CT molecular complexity index is 560. The Morgan fingerprint density at radius 3 is 2.86 bits per heavy atom. The Balaban J connectivity index is 0.00000176. The van der Waals surface area contributed by atoms with E-state index < -0.39 is 0 Å². The van der Waals surface area contributed by atoms with Gasteiger partial charge in [-0.1, -0.05) is 30.5 Å². The summed E-state index contributed by atoms with van der Waals surface area (Å²) < 4.78 is 0. The first-order valence-corrected chi connectivity index (χ1v) is 8.23. The van der Waals surface area contributed by atoms with Crippen molar-refractivity contribution in [2.45, 2.75) is 57.0 Å². The lowest BCUT2D eigenvalue weighted by atomic mass is 9.74. The van der Waals surface area contributed by atoms with Crippen LogP contribution in [0, 0.1) is 5.92 Å². The van der Waals surface area contributed by atoms with Gasteiger partial charge in [-0.2, -0.15) is 0 Å². The summed E-state index contributed by atoms with van der Waals surface area (Å²) in [5.74, 6) is 0.0510. The summed E-state index contributed by atoms with van der Waals surface area (Å²) in [5, 5.41) is 3.98. The Hall–Kier alpha value is -0.770. The van der Waals surface area contributed by atoms with E-state index in [1.807, 2.05) is 25.1 Å². The molecular weight excluding hydrogens is 319 g/mol. The summed E-state index contributed by atoms with van der Waals surface area (Å²) in [4.78, 5) is 12.6. The van der Waals surface area contributed by atoms with Crippen molar-refractivity contribution in [2.24, 2.45) is 11.7 Å². The number of aryl methyl sites for hydroxylation is 1. The molecule has 0 aromatic heterocycles. The fourth-order valence-corrected chi connectivity index (χ4v) is 3.99. The third-order valence-corrected chi connectivity index (χ3v) is 5.31. The summed E-state index contributed by atoms with van der Waals surface area (Å²) in [6.45, 7) is 2.01. The van der Waals surface area contributed by atoms with E-state index in [9.17, 15) is 4.79 Å². The summed E-state index contributed by atoms with van der Waals surface area (Å²) in [6, 6.07) is 6.07. The Morgan fingerprint density at radius 2 is 2.14 bits per heavy atom. The van der Waals surface area contributed by atoms with Crippen molar-refractivity contribution < 1.29 is 4.79 Å². The van der Waals surface area contributed by atoms with Crippen LogP contribution in [-0.2, 0) is 11.2 Å². The summed E-state index contributed by atoms with van der Waals surface area (Å²) in [7, 11) is 0. The molecule has 3 N–H and O–H groups in total. The number of amides is 1. The van der Waals surface area contributed by atoms with Crippen LogP contribution in [0.4, 0.5) is 0 Å². The highest BCUT2D eigenvalue weighted by molar-refractivity contribution is 6.30. The Labute approximate surface area is 143 Å². The second kappa shape index (κ2) is 6.77. The van der Waals surface area contributed by atoms with E-state index in [0.717, 1.165) is 43.5 Å². The molecule has 3 unspecified atom stereocenters. The van der Waals surface area contributed by atoms with Crippen molar-refractivity contribution in [3.63, 3.8) is 0 Å². The number of halogens is 2. The van der Waals surface area contributed by atoms with Crippen molar-refractivity contribution >= 4 is 29.9 Å². The molecule has 2 aliphatic rings. The van der Waals surface area contributed by atoms with Crippen molar-refractivity contribution in [3.8, 4) is 0 Å². The van der Waals surface area contributed by atoms with Gasteiger partial charge < -0.3 is 11.1 Å². The van der Waals surface area contributed by atoms with Crippen LogP contribution >= 0.6 is 24.0 Å². The zero-order chi connectivity index (χ0) is 15.0. The summed E-state index contributed by atoms with van der Waals surface area (Å²) >= 11 is 6.03. The molecule has 0 bridgehead atoms. The number of nitrogens with one attached hydrogen (secondary N) is 1. The van der Waals surface area contributed by atoms with Crippen LogP contribution in [0.3, 0.4) is 0 Å². The SMILES string of the molecule is CC1(N)CCCCC1C(=O)NC1CCc2cc(Cl)ccc21.Cl. The highest BCUT2D eigenvalue weighted by atomic mass is 35.5. The molecule has 1 fully saturated rings. The van der Waals surface area contributed by atoms with E-state index in [0.29, 0.717) is 0 Å². The first-order valence-electron chi connectivity index (χ1n) is 7.85. The van der Waals surface area contributed by atoms with Crippen molar-refractivity contribution in [3.05, 3.63) is 34.3 Å². The van der Waals surface area contributed by atoms with Crippen molar-refractivity contribution in [1.29, 1.82) is 0 Å². The maximum atomic E-state index is 12.6. The number of hydrogen-bond acceptors (Lipinski definition) is 2. The van der Waals surface area contributed by atoms with E-state index >= 15 is 0 Å². The Kier molecular flexibility index (Phi) is 5.41. The smallest absolute Gasteiger partial charge is 0.225 e. The monoisotopic (exact) mass is 342 g/mol. The van der Waals surface area contributed by atoms with Gasteiger partial charge >= 0.3 is 0 Å². The van der Waals surface area contributed by atoms with Crippen LogP contribution in [-0.4, -0.2) is 11.4 Å². The molecule has 5 heteroatoms. The zero-order valence-electron chi connectivity index (χ0n) is 12.9. The topological polar surface area (TPSA) is 55.1 Å². The molecular formula is C17H24Cl2N2O. The van der Waals surface area contributed by atoms with Gasteiger partial charge in [-0.3, -0.25) is 4.79 Å². The fraction of sp³-hybridized carbons (Fsp3) is 0.588. The average Bonchev–Trinajstić information content (AvgIpc) is 2.80. The summed E-state index contributed by atoms with van der Waals surface area (Å²) in [5.41, 5.74) is 8.43. The highest BCUT2D eigenvalue weighted by Gasteiger charge is 2.39. The lowest BCUT2D eigenvalue weighted by Crippen LogP contribution is -2.53. The Morgan fingerprint density at radius 1 is 1.36 bits per heavy atom. The predicted molar refractivity (Wildman–Crippen MR) is 92.5 cm³/mol. The van der Waals surface area contributed by atoms with E-state index in [2.05, 4.69) is 5.32 Å². The summed E-state index contributed by atoms with van der Waals surface area (Å²) in [6.07, 6.45) is 5.99. The number of nitrogens with two attached hydrogens (primary N) is 1. The number of fused-ring (bicyclic) bond motifs is 1. The normalized spacial score (nSPS) is 30.3. The molecule has 0 aliphatic heterocycles. The molecule has 3 rings (SSSR count). The highest BCUT2D eigenvalue weighted by Crippen LogP contribution is 2.35. The van der Waals surface area contributed by atoms with Gasteiger partial charge in [-0.25, -0.2) is 0 Å². The number of rotatable bonds is 2. The number of hydrogen-bond donors (Lipinski definition) is 2. The first kappa shape index (κ1) is 17.6. The van der Waals surface area contributed by atoms with Gasteiger partial charge in [0, 0.05) is 10.6 Å². The molecule has 0 heterocycles. The maximum absolute atomic E-state index is 12.6. The van der Waals surface area contributed by atoms with Gasteiger partial charge in [-0.05, 0) is 55.9 Å². The molecule has 122 valence electrons. The van der Waals surface area contributed by atoms with Gasteiger partial charge in [0.25, 0.3) is 0 Å². The van der Waals surface area contributed by atoms with Gasteiger partial charge in [0.15, 0.2) is 0 Å². The van der Waals surface area contributed by atoms with Gasteiger partial charge in [0.2, 0.25) is 5.91 Å². The quantitative estimate of drug-likeness (QED) is 0.859. The minimum atomic E-state index is -0.371. The molecule has 1 aromatic carbocycles. The number of carbonyl (C=O) groups excluding carboxylic acids is 1. The van der Waals surface area contributed by atoms with E-state index in [1.165, 1.54) is 11.1 Å². The molecule has 22 heavy (non-hydrogen) atoms. The van der Waals surface area contributed by atoms with Crippen LogP contribution in [0.1, 0.15) is 56.2 Å². The van der Waals surface area contributed by atoms with E-state index in [1.54, 1.807) is 0 Å². The molecule has 1 saturated carbocycles. The van der Waals surface area contributed by atoms with Crippen LogP contribution < -0.4 is 11.1 Å². The van der Waals surface area contributed by atoms with Crippen LogP contribution in [0.15, 0.2) is 18.2 Å². The molecule has 3 nitrogen and oxygen atoms in total. The standard InChI is InChI=1S/C17H23ClN2O.ClH/c1-17(19)9-3-2-4-14(17)16(21)20-15-8-5-11-10-12(18)6-7-13(11)15;/h6-7,10,14-15H,2-5,8-9,19H2,1H3,(H,20,21);1H. The predicted octanol–water partition coefficient (Wildman–Crippen LogP) is 3.77. The van der Waals surface area contributed by atoms with Gasteiger partial charge in [0.1, 0.15) is 0 Å².